The number of carbonyl (C=O) groups excluding carboxylic acids is 3. The number of aryl methyl sites for hydroxylation is 2. The van der Waals surface area contributed by atoms with Gasteiger partial charge in [0.05, 0.1) is 4.90 Å². The minimum absolute atomic E-state index is 0.0439. The maximum Gasteiger partial charge on any atom is 0.325 e. The zero-order valence-electron chi connectivity index (χ0n) is 18.9. The Balaban J connectivity index is 1.56. The normalized spacial score (nSPS) is 19.8. The molecule has 1 unspecified atom stereocenters. The molecule has 1 atom stereocenters. The number of carbonyl (C=O) groups is 3. The van der Waals surface area contributed by atoms with Crippen molar-refractivity contribution in [3.05, 3.63) is 58.7 Å². The fraction of sp³-hybridized carbons (Fsp3) is 0.348. The maximum absolute atomic E-state index is 13.2. The second kappa shape index (κ2) is 7.96. The monoisotopic (exact) mass is 470 g/mol. The van der Waals surface area contributed by atoms with Crippen LogP contribution in [-0.4, -0.2) is 56.1 Å². The van der Waals surface area contributed by atoms with E-state index in [2.05, 4.69) is 10.6 Å². The first-order valence-electron chi connectivity index (χ1n) is 10.5. The zero-order chi connectivity index (χ0) is 24.1. The largest absolute Gasteiger partial charge is 0.325 e. The van der Waals surface area contributed by atoms with Gasteiger partial charge in [-0.1, -0.05) is 24.3 Å². The summed E-state index contributed by atoms with van der Waals surface area (Å²) < 4.78 is 26.2. The molecule has 4 amide bonds. The Morgan fingerprint density at radius 3 is 2.58 bits per heavy atom. The van der Waals surface area contributed by atoms with Gasteiger partial charge in [-0.3, -0.25) is 14.5 Å². The minimum atomic E-state index is -3.70. The van der Waals surface area contributed by atoms with Gasteiger partial charge in [0.15, 0.2) is 0 Å². The van der Waals surface area contributed by atoms with Gasteiger partial charge in [0.1, 0.15) is 12.1 Å². The van der Waals surface area contributed by atoms with Crippen LogP contribution in [0.2, 0.25) is 0 Å². The lowest BCUT2D eigenvalue weighted by Crippen LogP contribution is -2.43. The molecule has 0 aromatic heterocycles. The molecule has 2 aromatic rings. The van der Waals surface area contributed by atoms with Crippen molar-refractivity contribution in [1.82, 2.24) is 14.5 Å². The molecular weight excluding hydrogens is 444 g/mol. The van der Waals surface area contributed by atoms with E-state index in [-0.39, 0.29) is 4.90 Å². The van der Waals surface area contributed by atoms with E-state index >= 15 is 0 Å². The molecule has 2 N–H and O–H groups in total. The van der Waals surface area contributed by atoms with Gasteiger partial charge >= 0.3 is 6.03 Å². The second-order valence-corrected chi connectivity index (χ2v) is 10.8. The second-order valence-electron chi connectivity index (χ2n) is 8.63. The lowest BCUT2D eigenvalue weighted by Gasteiger charge is -2.22. The van der Waals surface area contributed by atoms with Crippen molar-refractivity contribution in [2.75, 3.05) is 26.0 Å². The number of imide groups is 1. The molecule has 0 bridgehead atoms. The topological polar surface area (TPSA) is 116 Å². The van der Waals surface area contributed by atoms with Gasteiger partial charge in [-0.2, -0.15) is 0 Å². The molecule has 0 saturated carbocycles. The van der Waals surface area contributed by atoms with Gasteiger partial charge in [0.2, 0.25) is 15.9 Å². The fourth-order valence-corrected chi connectivity index (χ4v) is 5.40. The number of sulfonamides is 1. The van der Waals surface area contributed by atoms with Crippen molar-refractivity contribution in [3.8, 4) is 0 Å². The van der Waals surface area contributed by atoms with Crippen molar-refractivity contribution in [2.45, 2.75) is 37.1 Å². The summed E-state index contributed by atoms with van der Waals surface area (Å²) in [5, 5.41) is 5.46. The third kappa shape index (κ3) is 3.68. The Labute approximate surface area is 192 Å². The summed E-state index contributed by atoms with van der Waals surface area (Å²) >= 11 is 0. The summed E-state index contributed by atoms with van der Waals surface area (Å²) in [7, 11) is -0.849. The van der Waals surface area contributed by atoms with E-state index in [0.717, 1.165) is 20.3 Å². The van der Waals surface area contributed by atoms with Crippen LogP contribution in [0, 0.1) is 13.8 Å². The van der Waals surface area contributed by atoms with E-state index in [9.17, 15) is 22.8 Å². The van der Waals surface area contributed by atoms with Gasteiger partial charge in [0, 0.05) is 19.8 Å². The molecule has 1 heterocycles. The van der Waals surface area contributed by atoms with Crippen molar-refractivity contribution in [2.24, 2.45) is 0 Å². The number of hydrogen-bond donors (Lipinski definition) is 2. The van der Waals surface area contributed by atoms with Gasteiger partial charge in [-0.25, -0.2) is 17.5 Å². The Bertz CT molecular complexity index is 1290. The predicted molar refractivity (Wildman–Crippen MR) is 122 cm³/mol. The van der Waals surface area contributed by atoms with E-state index in [4.69, 9.17) is 0 Å². The third-order valence-electron chi connectivity index (χ3n) is 6.42. The summed E-state index contributed by atoms with van der Waals surface area (Å²) in [5.74, 6) is -1.05. The SMILES string of the molecule is Cc1cc(S(=O)(=O)N(C)C)cc(NC(=O)CN2C(=O)NC3(CCc4ccccc43)C2=O)c1C. The van der Waals surface area contributed by atoms with Crippen molar-refractivity contribution in [3.63, 3.8) is 0 Å². The number of fused-ring (bicyclic) bond motifs is 2. The first kappa shape index (κ1) is 22.9. The van der Waals surface area contributed by atoms with Gasteiger partial charge in [-0.15, -0.1) is 0 Å². The molecule has 10 heteroatoms. The van der Waals surface area contributed by atoms with Crippen LogP contribution in [0.5, 0.6) is 0 Å². The highest BCUT2D eigenvalue weighted by Crippen LogP contribution is 2.41. The number of nitrogens with zero attached hydrogens (tertiary/aromatic N) is 2. The molecule has 1 spiro atoms. The van der Waals surface area contributed by atoms with Crippen molar-refractivity contribution < 1.29 is 22.8 Å². The van der Waals surface area contributed by atoms with Crippen LogP contribution in [0.1, 0.15) is 28.7 Å². The van der Waals surface area contributed by atoms with Crippen LogP contribution in [0.15, 0.2) is 41.3 Å². The third-order valence-corrected chi connectivity index (χ3v) is 8.21. The highest BCUT2D eigenvalue weighted by Gasteiger charge is 2.55. The first-order chi connectivity index (χ1) is 15.5. The average Bonchev–Trinajstić information content (AvgIpc) is 3.24. The van der Waals surface area contributed by atoms with Crippen LogP contribution >= 0.6 is 0 Å². The number of hydrogen-bond acceptors (Lipinski definition) is 5. The number of nitrogens with one attached hydrogen (secondary N) is 2. The number of benzene rings is 2. The van der Waals surface area contributed by atoms with E-state index in [1.165, 1.54) is 20.2 Å². The number of amides is 4. The molecule has 1 aliphatic heterocycles. The maximum atomic E-state index is 13.2. The summed E-state index contributed by atoms with van der Waals surface area (Å²) in [4.78, 5) is 39.7. The Kier molecular flexibility index (Phi) is 5.53. The van der Waals surface area contributed by atoms with Gasteiger partial charge in [0.25, 0.3) is 5.91 Å². The molecule has 4 rings (SSSR count). The Morgan fingerprint density at radius 2 is 1.88 bits per heavy atom. The van der Waals surface area contributed by atoms with Crippen LogP contribution in [0.4, 0.5) is 10.5 Å². The van der Waals surface area contributed by atoms with E-state index < -0.39 is 40.0 Å². The van der Waals surface area contributed by atoms with Crippen LogP contribution in [-0.2, 0) is 31.6 Å². The number of rotatable bonds is 5. The molecule has 2 aromatic carbocycles. The molecule has 33 heavy (non-hydrogen) atoms. The van der Waals surface area contributed by atoms with Crippen LogP contribution < -0.4 is 10.6 Å². The number of anilines is 1. The van der Waals surface area contributed by atoms with Crippen LogP contribution in [0.25, 0.3) is 0 Å². The smallest absolute Gasteiger partial charge is 0.324 e. The average molecular weight is 471 g/mol. The van der Waals surface area contributed by atoms with E-state index in [1.54, 1.807) is 19.9 Å². The molecular formula is C23H26N4O5S. The van der Waals surface area contributed by atoms with Crippen molar-refractivity contribution >= 4 is 33.6 Å². The minimum Gasteiger partial charge on any atom is -0.324 e. The lowest BCUT2D eigenvalue weighted by atomic mass is 9.92. The first-order valence-corrected chi connectivity index (χ1v) is 12.0. The predicted octanol–water partition coefficient (Wildman–Crippen LogP) is 1.89. The van der Waals surface area contributed by atoms with E-state index in [1.807, 2.05) is 24.3 Å². The van der Waals surface area contributed by atoms with Gasteiger partial charge < -0.3 is 10.6 Å². The standard InChI is InChI=1S/C23H26N4O5S/c1-14-11-17(33(31,32)26(3)4)12-19(15(14)2)24-20(28)13-27-21(29)23(25-22(27)30)10-9-16-7-5-6-8-18(16)23/h5-8,11-12H,9-10,13H2,1-4H3,(H,24,28)(H,25,30). The van der Waals surface area contributed by atoms with Gasteiger partial charge in [-0.05, 0) is 61.1 Å². The summed E-state index contributed by atoms with van der Waals surface area (Å²) in [6, 6.07) is 9.77. The van der Waals surface area contributed by atoms with Crippen LogP contribution in [0.3, 0.4) is 0 Å². The molecule has 2 aliphatic rings. The zero-order valence-corrected chi connectivity index (χ0v) is 19.7. The van der Waals surface area contributed by atoms with E-state index in [0.29, 0.717) is 29.7 Å². The molecule has 174 valence electrons. The summed E-state index contributed by atoms with van der Waals surface area (Å²) in [5.41, 5.74) is 2.32. The fourth-order valence-electron chi connectivity index (χ4n) is 4.38. The highest BCUT2D eigenvalue weighted by atomic mass is 32.2. The number of urea groups is 1. The van der Waals surface area contributed by atoms with Crippen molar-refractivity contribution in [1.29, 1.82) is 0 Å². The quantitative estimate of drug-likeness (QED) is 0.648. The highest BCUT2D eigenvalue weighted by molar-refractivity contribution is 7.89. The summed E-state index contributed by atoms with van der Waals surface area (Å²) in [6.45, 7) is 3.03. The molecule has 9 nitrogen and oxygen atoms in total. The lowest BCUT2D eigenvalue weighted by molar-refractivity contribution is -0.134. The molecule has 1 saturated heterocycles. The Morgan fingerprint density at radius 1 is 1.18 bits per heavy atom. The molecule has 0 radical (unpaired) electrons. The Hall–Kier alpha value is -3.24. The molecule has 1 aliphatic carbocycles. The molecule has 1 fully saturated rings. The summed E-state index contributed by atoms with van der Waals surface area (Å²) in [6.07, 6.45) is 1.10.